The van der Waals surface area contributed by atoms with Crippen molar-refractivity contribution >= 4 is 17.9 Å². The molecule has 0 saturated carbocycles. The molecule has 1 unspecified atom stereocenters. The van der Waals surface area contributed by atoms with Gasteiger partial charge in [0.05, 0.1) is 12.5 Å². The zero-order valence-corrected chi connectivity index (χ0v) is 14.8. The van der Waals surface area contributed by atoms with E-state index in [4.69, 9.17) is 0 Å². The number of nitrogens with one attached hydrogen (secondary N) is 1. The zero-order chi connectivity index (χ0) is 17.6. The van der Waals surface area contributed by atoms with Crippen LogP contribution >= 0.6 is 0 Å². The van der Waals surface area contributed by atoms with E-state index in [9.17, 15) is 9.59 Å². The van der Waals surface area contributed by atoms with Crippen molar-refractivity contribution in [1.29, 1.82) is 0 Å². The van der Waals surface area contributed by atoms with Crippen molar-refractivity contribution in [3.63, 3.8) is 0 Å². The maximum atomic E-state index is 12.4. The number of carbonyl (C=O) groups excluding carboxylic acids is 2. The molecule has 0 spiro atoms. The largest absolute Gasteiger partial charge is 0.356 e. The molecular formula is C21H26N2O2. The maximum absolute atomic E-state index is 12.4. The fourth-order valence-electron chi connectivity index (χ4n) is 3.66. The van der Waals surface area contributed by atoms with Crippen LogP contribution in [-0.2, 0) is 9.59 Å². The van der Waals surface area contributed by atoms with Gasteiger partial charge in [-0.05, 0) is 49.3 Å². The molecule has 4 nitrogen and oxygen atoms in total. The number of amides is 2. The van der Waals surface area contributed by atoms with Gasteiger partial charge in [0.1, 0.15) is 0 Å². The van der Waals surface area contributed by atoms with Gasteiger partial charge in [-0.3, -0.25) is 9.59 Å². The lowest BCUT2D eigenvalue weighted by molar-refractivity contribution is -0.129. The summed E-state index contributed by atoms with van der Waals surface area (Å²) < 4.78 is 0. The molecule has 0 saturated heterocycles. The van der Waals surface area contributed by atoms with Gasteiger partial charge in [-0.25, -0.2) is 0 Å². The van der Waals surface area contributed by atoms with Gasteiger partial charge < -0.3 is 10.2 Å². The van der Waals surface area contributed by atoms with Crippen LogP contribution in [0, 0.1) is 0 Å². The summed E-state index contributed by atoms with van der Waals surface area (Å²) in [5.74, 6) is -0.0475. The summed E-state index contributed by atoms with van der Waals surface area (Å²) in [5, 5.41) is 3.03. The number of hydrogen-bond acceptors (Lipinski definition) is 2. The molecule has 132 valence electrons. The smallest absolute Gasteiger partial charge is 0.223 e. The van der Waals surface area contributed by atoms with Crippen LogP contribution in [0.4, 0.5) is 0 Å². The number of nitrogens with zero attached hydrogens (tertiary/aromatic N) is 1. The average Bonchev–Trinajstić information content (AvgIpc) is 2.62. The van der Waals surface area contributed by atoms with Gasteiger partial charge in [-0.1, -0.05) is 35.9 Å². The predicted octanol–water partition coefficient (Wildman–Crippen LogP) is 3.96. The molecule has 3 rings (SSSR count). The third kappa shape index (κ3) is 4.38. The van der Waals surface area contributed by atoms with E-state index < -0.39 is 0 Å². The lowest BCUT2D eigenvalue weighted by Crippen LogP contribution is -2.35. The molecule has 1 heterocycles. The Hall–Kier alpha value is -2.36. The summed E-state index contributed by atoms with van der Waals surface area (Å²) >= 11 is 0. The van der Waals surface area contributed by atoms with Crippen LogP contribution in [0.1, 0.15) is 62.6 Å². The minimum Gasteiger partial charge on any atom is -0.356 e. The number of carbonyl (C=O) groups is 2. The standard InChI is InChI=1S/C21H26N2O2/c1-16(24)23-14-12-18-9-5-6-10-19(18)20(23)15-21(25)22-13-11-17-7-3-2-4-8-17/h5-7,9-10,12,14,20H,2-4,8,11,13,15H2,1H3,(H,22,25). The molecule has 0 radical (unpaired) electrons. The second kappa shape index (κ2) is 8.15. The van der Waals surface area contributed by atoms with Gasteiger partial charge in [0, 0.05) is 19.7 Å². The van der Waals surface area contributed by atoms with Gasteiger partial charge in [-0.2, -0.15) is 0 Å². The van der Waals surface area contributed by atoms with E-state index in [1.54, 1.807) is 18.0 Å². The van der Waals surface area contributed by atoms with E-state index >= 15 is 0 Å². The first-order valence-electron chi connectivity index (χ1n) is 9.16. The van der Waals surface area contributed by atoms with Crippen LogP contribution in [0.5, 0.6) is 0 Å². The Morgan fingerprint density at radius 2 is 2.08 bits per heavy atom. The number of benzene rings is 1. The number of hydrogen-bond donors (Lipinski definition) is 1. The van der Waals surface area contributed by atoms with Crippen LogP contribution in [0.3, 0.4) is 0 Å². The molecule has 4 heteroatoms. The van der Waals surface area contributed by atoms with E-state index in [1.165, 1.54) is 24.8 Å². The second-order valence-corrected chi connectivity index (χ2v) is 6.80. The summed E-state index contributed by atoms with van der Waals surface area (Å²) in [6.07, 6.45) is 12.1. The number of rotatable bonds is 5. The molecule has 0 aromatic heterocycles. The van der Waals surface area contributed by atoms with Gasteiger partial charge in [0.15, 0.2) is 0 Å². The Labute approximate surface area is 149 Å². The maximum Gasteiger partial charge on any atom is 0.223 e. The van der Waals surface area contributed by atoms with Crippen molar-refractivity contribution in [3.05, 3.63) is 53.2 Å². The Bertz CT molecular complexity index is 706. The molecule has 1 aromatic carbocycles. The number of fused-ring (bicyclic) bond motifs is 1. The molecule has 0 bridgehead atoms. The van der Waals surface area contributed by atoms with Crippen molar-refractivity contribution in [3.8, 4) is 0 Å². The molecule has 1 aromatic rings. The third-order valence-corrected chi connectivity index (χ3v) is 5.00. The van der Waals surface area contributed by atoms with Gasteiger partial charge in [0.25, 0.3) is 0 Å². The lowest BCUT2D eigenvalue weighted by Gasteiger charge is -2.32. The molecule has 1 N–H and O–H groups in total. The Kier molecular flexibility index (Phi) is 5.69. The highest BCUT2D eigenvalue weighted by Crippen LogP contribution is 2.32. The minimum absolute atomic E-state index is 0.00207. The third-order valence-electron chi connectivity index (χ3n) is 5.00. The van der Waals surface area contributed by atoms with Gasteiger partial charge in [0.2, 0.25) is 11.8 Å². The summed E-state index contributed by atoms with van der Waals surface area (Å²) in [4.78, 5) is 26.1. The van der Waals surface area contributed by atoms with Gasteiger partial charge >= 0.3 is 0 Å². The zero-order valence-electron chi connectivity index (χ0n) is 14.8. The molecule has 0 fully saturated rings. The lowest BCUT2D eigenvalue weighted by atomic mass is 9.93. The highest BCUT2D eigenvalue weighted by Gasteiger charge is 2.27. The molecule has 1 atom stereocenters. The normalized spacial score (nSPS) is 19.2. The first-order chi connectivity index (χ1) is 12.1. The van der Waals surface area contributed by atoms with Crippen LogP contribution in [0.25, 0.3) is 6.08 Å². The van der Waals surface area contributed by atoms with Crippen molar-refractivity contribution < 1.29 is 9.59 Å². The van der Waals surface area contributed by atoms with Crippen molar-refractivity contribution in [2.75, 3.05) is 6.54 Å². The molecule has 1 aliphatic carbocycles. The van der Waals surface area contributed by atoms with Crippen molar-refractivity contribution in [2.45, 2.75) is 51.5 Å². The molecular weight excluding hydrogens is 312 g/mol. The minimum atomic E-state index is -0.229. The summed E-state index contributed by atoms with van der Waals surface area (Å²) in [6.45, 7) is 2.22. The SMILES string of the molecule is CC(=O)N1C=Cc2ccccc2C1CC(=O)NCCC1=CCCCC1. The van der Waals surface area contributed by atoms with E-state index in [-0.39, 0.29) is 17.9 Å². The molecule has 2 amide bonds. The molecule has 1 aliphatic heterocycles. The van der Waals surface area contributed by atoms with Crippen molar-refractivity contribution in [1.82, 2.24) is 10.2 Å². The van der Waals surface area contributed by atoms with E-state index in [0.29, 0.717) is 13.0 Å². The van der Waals surface area contributed by atoms with E-state index in [0.717, 1.165) is 24.0 Å². The topological polar surface area (TPSA) is 49.4 Å². The summed E-state index contributed by atoms with van der Waals surface area (Å²) in [6, 6.07) is 7.72. The molecule has 2 aliphatic rings. The highest BCUT2D eigenvalue weighted by atomic mass is 16.2. The first-order valence-corrected chi connectivity index (χ1v) is 9.16. The van der Waals surface area contributed by atoms with Crippen LogP contribution in [0.2, 0.25) is 0 Å². The van der Waals surface area contributed by atoms with Gasteiger partial charge in [-0.15, -0.1) is 0 Å². The predicted molar refractivity (Wildman–Crippen MR) is 99.5 cm³/mol. The Balaban J connectivity index is 1.61. The van der Waals surface area contributed by atoms with E-state index in [2.05, 4.69) is 11.4 Å². The quantitative estimate of drug-likeness (QED) is 0.826. The second-order valence-electron chi connectivity index (χ2n) is 6.80. The summed E-state index contributed by atoms with van der Waals surface area (Å²) in [5.41, 5.74) is 3.57. The Morgan fingerprint density at radius 3 is 2.84 bits per heavy atom. The van der Waals surface area contributed by atoms with E-state index in [1.807, 2.05) is 30.3 Å². The Morgan fingerprint density at radius 1 is 1.24 bits per heavy atom. The average molecular weight is 338 g/mol. The fraction of sp³-hybridized carbons (Fsp3) is 0.429. The van der Waals surface area contributed by atoms with Crippen LogP contribution < -0.4 is 5.32 Å². The number of allylic oxidation sites excluding steroid dienone is 1. The fourth-order valence-corrected chi connectivity index (χ4v) is 3.66. The van der Waals surface area contributed by atoms with Crippen molar-refractivity contribution in [2.24, 2.45) is 0 Å². The summed E-state index contributed by atoms with van der Waals surface area (Å²) in [7, 11) is 0. The van der Waals surface area contributed by atoms with Crippen LogP contribution in [0.15, 0.2) is 42.1 Å². The molecule has 25 heavy (non-hydrogen) atoms. The first kappa shape index (κ1) is 17.5. The monoisotopic (exact) mass is 338 g/mol. The highest BCUT2D eigenvalue weighted by molar-refractivity contribution is 5.81. The van der Waals surface area contributed by atoms with Crippen LogP contribution in [-0.4, -0.2) is 23.3 Å².